The average Bonchev–Trinajstić information content (AvgIpc) is 3.21. The van der Waals surface area contributed by atoms with Gasteiger partial charge in [0.1, 0.15) is 12.4 Å². The highest BCUT2D eigenvalue weighted by atomic mass is 79.9. The summed E-state index contributed by atoms with van der Waals surface area (Å²) in [4.78, 5) is 38.7. The lowest BCUT2D eigenvalue weighted by molar-refractivity contribution is -0.165. The molecular formula is C25H25BrClNO7. The van der Waals surface area contributed by atoms with Gasteiger partial charge < -0.3 is 19.3 Å². The minimum Gasteiger partial charge on any atom is -0.506 e. The lowest BCUT2D eigenvalue weighted by Gasteiger charge is -2.25. The maximum atomic E-state index is 13.0. The Labute approximate surface area is 216 Å². The van der Waals surface area contributed by atoms with E-state index >= 15 is 0 Å². The molecule has 0 aliphatic carbocycles. The van der Waals surface area contributed by atoms with Crippen molar-refractivity contribution in [1.82, 2.24) is 5.32 Å². The van der Waals surface area contributed by atoms with Crippen molar-refractivity contribution in [1.29, 1.82) is 0 Å². The number of esters is 3. The molecule has 8 nitrogen and oxygen atoms in total. The number of rotatable bonds is 8. The number of aromatic hydroxyl groups is 1. The number of phenolic OH excluding ortho intramolecular Hbond substituents is 1. The van der Waals surface area contributed by atoms with Gasteiger partial charge in [-0.2, -0.15) is 0 Å². The molecule has 0 aromatic heterocycles. The fourth-order valence-corrected chi connectivity index (χ4v) is 4.63. The van der Waals surface area contributed by atoms with E-state index in [1.807, 2.05) is 30.3 Å². The maximum absolute atomic E-state index is 13.0. The van der Waals surface area contributed by atoms with Gasteiger partial charge in [-0.15, -0.1) is 0 Å². The molecule has 1 heterocycles. The monoisotopic (exact) mass is 565 g/mol. The normalized spacial score (nSPS) is 17.7. The molecular weight excluding hydrogens is 542 g/mol. The van der Waals surface area contributed by atoms with Crippen molar-refractivity contribution in [3.63, 3.8) is 0 Å². The predicted octanol–water partition coefficient (Wildman–Crippen LogP) is 4.38. The predicted molar refractivity (Wildman–Crippen MR) is 132 cm³/mol. The van der Waals surface area contributed by atoms with Crippen LogP contribution >= 0.6 is 27.5 Å². The third-order valence-electron chi connectivity index (χ3n) is 5.37. The SMILES string of the molecule is CCOC(=O)C1(C(=O)OCC)C/C(=C\C(=O)OCc2ccccc2)C(c2cc(Cl)cc(Br)c2O)N1. The molecule has 186 valence electrons. The molecule has 0 bridgehead atoms. The minimum atomic E-state index is -1.93. The minimum absolute atomic E-state index is 0.0263. The summed E-state index contributed by atoms with van der Waals surface area (Å²) in [6, 6.07) is 11.2. The summed E-state index contributed by atoms with van der Waals surface area (Å²) in [5, 5.41) is 14.0. The fourth-order valence-electron chi connectivity index (χ4n) is 3.79. The lowest BCUT2D eigenvalue weighted by Crippen LogP contribution is -2.56. The van der Waals surface area contributed by atoms with Crippen LogP contribution in [0.5, 0.6) is 5.75 Å². The lowest BCUT2D eigenvalue weighted by atomic mass is 9.93. The molecule has 2 N–H and O–H groups in total. The van der Waals surface area contributed by atoms with E-state index < -0.39 is 29.5 Å². The van der Waals surface area contributed by atoms with Crippen molar-refractivity contribution in [2.45, 2.75) is 38.5 Å². The standard InChI is InChI=1S/C25H25BrClNO7/c1-3-33-23(31)25(24(32)34-4-2)13-16(10-20(29)35-14-15-8-6-5-7-9-15)21(28-25)18-11-17(27)12-19(26)22(18)30/h5-12,21,28,30H,3-4,13-14H2,1-2H3/b16-10+. The van der Waals surface area contributed by atoms with E-state index in [9.17, 15) is 19.5 Å². The summed E-state index contributed by atoms with van der Waals surface area (Å²) in [5.41, 5.74) is -0.566. The summed E-state index contributed by atoms with van der Waals surface area (Å²) in [6.45, 7) is 3.31. The summed E-state index contributed by atoms with van der Waals surface area (Å²) < 4.78 is 16.0. The molecule has 1 fully saturated rings. The van der Waals surface area contributed by atoms with Crippen molar-refractivity contribution in [3.05, 3.63) is 74.7 Å². The van der Waals surface area contributed by atoms with Gasteiger partial charge in [-0.25, -0.2) is 14.4 Å². The maximum Gasteiger partial charge on any atom is 0.338 e. The number of carbonyl (C=O) groups is 3. The summed E-state index contributed by atoms with van der Waals surface area (Å²) in [5.74, 6) is -2.56. The second-order valence-electron chi connectivity index (χ2n) is 7.74. The Kier molecular flexibility index (Phi) is 8.93. The smallest absolute Gasteiger partial charge is 0.338 e. The van der Waals surface area contributed by atoms with Crippen molar-refractivity contribution in [3.8, 4) is 5.75 Å². The van der Waals surface area contributed by atoms with E-state index in [4.69, 9.17) is 25.8 Å². The van der Waals surface area contributed by atoms with Gasteiger partial charge in [0, 0.05) is 23.1 Å². The largest absolute Gasteiger partial charge is 0.506 e. The van der Waals surface area contributed by atoms with E-state index in [2.05, 4.69) is 21.2 Å². The number of carbonyl (C=O) groups excluding carboxylic acids is 3. The fraction of sp³-hybridized carbons (Fsp3) is 0.320. The molecule has 2 aromatic rings. The zero-order valence-electron chi connectivity index (χ0n) is 19.2. The first-order chi connectivity index (χ1) is 16.7. The molecule has 1 aliphatic rings. The van der Waals surface area contributed by atoms with E-state index in [1.54, 1.807) is 13.8 Å². The second kappa shape index (κ2) is 11.7. The van der Waals surface area contributed by atoms with Crippen LogP contribution in [0.2, 0.25) is 5.02 Å². The van der Waals surface area contributed by atoms with Crippen LogP contribution in [-0.4, -0.2) is 41.8 Å². The van der Waals surface area contributed by atoms with Gasteiger partial charge in [0.2, 0.25) is 5.54 Å². The number of hydrogen-bond donors (Lipinski definition) is 2. The van der Waals surface area contributed by atoms with Gasteiger partial charge in [-0.3, -0.25) is 5.32 Å². The third kappa shape index (κ3) is 6.04. The van der Waals surface area contributed by atoms with Crippen LogP contribution in [0.3, 0.4) is 0 Å². The number of hydrogen-bond acceptors (Lipinski definition) is 8. The van der Waals surface area contributed by atoms with Gasteiger partial charge in [-0.1, -0.05) is 41.9 Å². The molecule has 1 saturated heterocycles. The van der Waals surface area contributed by atoms with E-state index in [1.165, 1.54) is 18.2 Å². The van der Waals surface area contributed by atoms with E-state index in [0.717, 1.165) is 5.56 Å². The van der Waals surface area contributed by atoms with Gasteiger partial charge in [0.05, 0.1) is 23.7 Å². The number of phenols is 1. The first-order valence-corrected chi connectivity index (χ1v) is 12.1. The van der Waals surface area contributed by atoms with E-state index in [-0.39, 0.29) is 37.6 Å². The van der Waals surface area contributed by atoms with Gasteiger partial charge >= 0.3 is 17.9 Å². The molecule has 3 rings (SSSR count). The third-order valence-corrected chi connectivity index (χ3v) is 6.20. The summed E-state index contributed by atoms with van der Waals surface area (Å²) in [7, 11) is 0. The highest BCUT2D eigenvalue weighted by Crippen LogP contribution is 2.45. The average molecular weight is 567 g/mol. The first kappa shape index (κ1) is 26.7. The van der Waals surface area contributed by atoms with Crippen molar-refractivity contribution < 1.29 is 33.7 Å². The zero-order valence-corrected chi connectivity index (χ0v) is 21.5. The molecule has 1 unspecified atom stereocenters. The Bertz CT molecular complexity index is 1120. The molecule has 0 amide bonds. The van der Waals surface area contributed by atoms with Crippen LogP contribution in [-0.2, 0) is 35.2 Å². The highest BCUT2D eigenvalue weighted by molar-refractivity contribution is 9.10. The van der Waals surface area contributed by atoms with Crippen molar-refractivity contribution in [2.24, 2.45) is 0 Å². The Hall–Kier alpha value is -2.88. The van der Waals surface area contributed by atoms with Gasteiger partial charge in [-0.05, 0) is 53.0 Å². The Morgan fingerprint density at radius 2 is 1.74 bits per heavy atom. The summed E-state index contributed by atoms with van der Waals surface area (Å²) >= 11 is 9.45. The molecule has 1 aliphatic heterocycles. The topological polar surface area (TPSA) is 111 Å². The molecule has 10 heteroatoms. The first-order valence-electron chi connectivity index (χ1n) is 10.9. The Balaban J connectivity index is 2.03. The van der Waals surface area contributed by atoms with Crippen LogP contribution in [0.15, 0.2) is 58.6 Å². The molecule has 1 atom stereocenters. The van der Waals surface area contributed by atoms with E-state index in [0.29, 0.717) is 15.1 Å². The number of ether oxygens (including phenoxy) is 3. The quantitative estimate of drug-likeness (QED) is 0.210. The van der Waals surface area contributed by atoms with Crippen LogP contribution in [0.25, 0.3) is 0 Å². The van der Waals surface area contributed by atoms with Crippen LogP contribution in [0.4, 0.5) is 0 Å². The second-order valence-corrected chi connectivity index (χ2v) is 9.03. The van der Waals surface area contributed by atoms with Crippen LogP contribution in [0, 0.1) is 0 Å². The molecule has 2 aromatic carbocycles. The Morgan fingerprint density at radius 1 is 1.11 bits per heavy atom. The number of nitrogens with one attached hydrogen (secondary N) is 1. The van der Waals surface area contributed by atoms with Crippen LogP contribution < -0.4 is 5.32 Å². The number of halogens is 2. The Morgan fingerprint density at radius 3 is 2.34 bits per heavy atom. The van der Waals surface area contributed by atoms with Crippen molar-refractivity contribution in [2.75, 3.05) is 13.2 Å². The molecule has 0 spiro atoms. The molecule has 0 saturated carbocycles. The highest BCUT2D eigenvalue weighted by Gasteiger charge is 2.56. The van der Waals surface area contributed by atoms with Gasteiger partial charge in [0.25, 0.3) is 0 Å². The van der Waals surface area contributed by atoms with Crippen molar-refractivity contribution >= 4 is 45.4 Å². The zero-order chi connectivity index (χ0) is 25.6. The van der Waals surface area contributed by atoms with Crippen LogP contribution in [0.1, 0.15) is 37.4 Å². The molecule has 0 radical (unpaired) electrons. The number of benzene rings is 2. The van der Waals surface area contributed by atoms with Gasteiger partial charge in [0.15, 0.2) is 0 Å². The summed E-state index contributed by atoms with van der Waals surface area (Å²) in [6.07, 6.45) is 0.967. The molecule has 35 heavy (non-hydrogen) atoms.